The van der Waals surface area contributed by atoms with Gasteiger partial charge in [0.2, 0.25) is 0 Å². The molecule has 3 rings (SSSR count). The number of hydrogen-bond donors (Lipinski definition) is 1. The van der Waals surface area contributed by atoms with Crippen molar-refractivity contribution in [3.63, 3.8) is 0 Å². The Bertz CT molecular complexity index is 562. The third-order valence-corrected chi connectivity index (χ3v) is 4.72. The highest BCUT2D eigenvalue weighted by Crippen LogP contribution is 2.39. The fourth-order valence-corrected chi connectivity index (χ4v) is 4.07. The summed E-state index contributed by atoms with van der Waals surface area (Å²) < 4.78 is 1.13. The van der Waals surface area contributed by atoms with Crippen LogP contribution in [0.25, 0.3) is 0 Å². The molecular formula is C15H14BrNS. The zero-order chi connectivity index (χ0) is 12.5. The van der Waals surface area contributed by atoms with Gasteiger partial charge in [0.15, 0.2) is 0 Å². The van der Waals surface area contributed by atoms with E-state index in [4.69, 9.17) is 0 Å². The van der Waals surface area contributed by atoms with Crippen molar-refractivity contribution in [1.29, 1.82) is 0 Å². The molecule has 0 aliphatic carbocycles. The lowest BCUT2D eigenvalue weighted by Gasteiger charge is -2.15. The van der Waals surface area contributed by atoms with Gasteiger partial charge in [-0.3, -0.25) is 0 Å². The van der Waals surface area contributed by atoms with Crippen LogP contribution in [0.15, 0.2) is 51.8 Å². The lowest BCUT2D eigenvalue weighted by atomic mass is 10.1. The first-order valence-electron chi connectivity index (χ1n) is 5.98. The van der Waals surface area contributed by atoms with E-state index in [9.17, 15) is 0 Å². The summed E-state index contributed by atoms with van der Waals surface area (Å²) in [6.45, 7) is 2.12. The summed E-state index contributed by atoms with van der Waals surface area (Å²) in [6.07, 6.45) is 0. The van der Waals surface area contributed by atoms with Gasteiger partial charge in [-0.15, -0.1) is 11.8 Å². The van der Waals surface area contributed by atoms with Gasteiger partial charge in [-0.05, 0) is 42.3 Å². The van der Waals surface area contributed by atoms with Gasteiger partial charge in [0.1, 0.15) is 0 Å². The minimum absolute atomic E-state index is 0.417. The number of hydrogen-bond acceptors (Lipinski definition) is 2. The topological polar surface area (TPSA) is 12.0 Å². The van der Waals surface area contributed by atoms with E-state index < -0.39 is 0 Å². The highest BCUT2D eigenvalue weighted by Gasteiger charge is 2.22. The molecule has 18 heavy (non-hydrogen) atoms. The molecule has 1 N–H and O–H groups in total. The number of thioether (sulfide) groups is 1. The summed E-state index contributed by atoms with van der Waals surface area (Å²) in [7, 11) is 0. The van der Waals surface area contributed by atoms with Crippen LogP contribution >= 0.6 is 27.7 Å². The van der Waals surface area contributed by atoms with E-state index in [1.807, 2.05) is 11.8 Å². The largest absolute Gasteiger partial charge is 0.377 e. The maximum Gasteiger partial charge on any atom is 0.0618 e. The molecule has 0 radical (unpaired) electrons. The molecule has 2 aromatic carbocycles. The fourth-order valence-electron chi connectivity index (χ4n) is 2.30. The number of benzene rings is 2. The Morgan fingerprint density at radius 1 is 1.22 bits per heavy atom. The quantitative estimate of drug-likeness (QED) is 0.834. The average molecular weight is 320 g/mol. The van der Waals surface area contributed by atoms with E-state index in [1.54, 1.807) is 0 Å². The first-order valence-corrected chi connectivity index (χ1v) is 7.76. The van der Waals surface area contributed by atoms with Crippen LogP contribution in [0.5, 0.6) is 0 Å². The average Bonchev–Trinajstić information content (AvgIpc) is 2.72. The summed E-state index contributed by atoms with van der Waals surface area (Å²) in [5, 5.41) is 3.63. The number of rotatable bonds is 2. The van der Waals surface area contributed by atoms with Gasteiger partial charge in [0, 0.05) is 20.8 Å². The molecule has 2 aromatic rings. The fraction of sp³-hybridized carbons (Fsp3) is 0.200. The van der Waals surface area contributed by atoms with Crippen LogP contribution in [0.3, 0.4) is 0 Å². The predicted molar refractivity (Wildman–Crippen MR) is 82.4 cm³/mol. The van der Waals surface area contributed by atoms with Crippen molar-refractivity contribution >= 4 is 33.4 Å². The second-order valence-corrected chi connectivity index (χ2v) is 6.54. The van der Waals surface area contributed by atoms with Crippen LogP contribution in [0, 0.1) is 6.92 Å². The second kappa shape index (κ2) is 4.98. The van der Waals surface area contributed by atoms with Crippen LogP contribution in [0.4, 0.5) is 5.69 Å². The van der Waals surface area contributed by atoms with Gasteiger partial charge in [0.25, 0.3) is 0 Å². The van der Waals surface area contributed by atoms with Crippen molar-refractivity contribution in [2.45, 2.75) is 17.9 Å². The Morgan fingerprint density at radius 3 is 2.89 bits per heavy atom. The van der Waals surface area contributed by atoms with Crippen LogP contribution in [0.2, 0.25) is 0 Å². The zero-order valence-corrected chi connectivity index (χ0v) is 12.5. The SMILES string of the molecule is Cc1cc(Br)cc(NC2CSc3ccccc32)c1. The Morgan fingerprint density at radius 2 is 2.06 bits per heavy atom. The first-order chi connectivity index (χ1) is 8.72. The van der Waals surface area contributed by atoms with E-state index >= 15 is 0 Å². The van der Waals surface area contributed by atoms with Crippen molar-refractivity contribution in [2.24, 2.45) is 0 Å². The molecule has 0 saturated carbocycles. The van der Waals surface area contributed by atoms with Gasteiger partial charge in [-0.1, -0.05) is 34.1 Å². The molecule has 1 aliphatic heterocycles. The number of halogens is 1. The molecular weight excluding hydrogens is 306 g/mol. The molecule has 1 unspecified atom stereocenters. The van der Waals surface area contributed by atoms with Crippen molar-refractivity contribution in [3.05, 3.63) is 58.1 Å². The highest BCUT2D eigenvalue weighted by molar-refractivity contribution is 9.10. The van der Waals surface area contributed by atoms with Crippen LogP contribution in [-0.4, -0.2) is 5.75 Å². The maximum atomic E-state index is 3.63. The van der Waals surface area contributed by atoms with Crippen molar-refractivity contribution in [1.82, 2.24) is 0 Å². The molecule has 1 nitrogen and oxygen atoms in total. The highest BCUT2D eigenvalue weighted by atomic mass is 79.9. The molecule has 0 saturated heterocycles. The van der Waals surface area contributed by atoms with Crippen molar-refractivity contribution in [2.75, 3.05) is 11.1 Å². The normalized spacial score (nSPS) is 17.6. The zero-order valence-electron chi connectivity index (χ0n) is 10.1. The monoisotopic (exact) mass is 319 g/mol. The minimum atomic E-state index is 0.417. The molecule has 0 fully saturated rings. The summed E-state index contributed by atoms with van der Waals surface area (Å²) in [5.41, 5.74) is 3.87. The van der Waals surface area contributed by atoms with E-state index in [0.29, 0.717) is 6.04 Å². The van der Waals surface area contributed by atoms with E-state index in [2.05, 4.69) is 70.6 Å². The summed E-state index contributed by atoms with van der Waals surface area (Å²) in [4.78, 5) is 1.40. The van der Waals surface area contributed by atoms with Gasteiger partial charge >= 0.3 is 0 Å². The molecule has 0 aromatic heterocycles. The third-order valence-electron chi connectivity index (χ3n) is 3.08. The Balaban J connectivity index is 1.86. The lowest BCUT2D eigenvalue weighted by molar-refractivity contribution is 0.899. The molecule has 92 valence electrons. The molecule has 0 bridgehead atoms. The third kappa shape index (κ3) is 2.43. The van der Waals surface area contributed by atoms with Crippen LogP contribution in [-0.2, 0) is 0 Å². The standard InChI is InChI=1S/C15H14BrNS/c1-10-6-11(16)8-12(7-10)17-14-9-18-15-5-3-2-4-13(14)15/h2-8,14,17H,9H2,1H3. The molecule has 0 spiro atoms. The summed E-state index contributed by atoms with van der Waals surface area (Å²) in [6, 6.07) is 15.5. The Hall–Kier alpha value is -0.930. The summed E-state index contributed by atoms with van der Waals surface area (Å²) in [5.74, 6) is 1.10. The Kier molecular flexibility index (Phi) is 3.35. The van der Waals surface area contributed by atoms with E-state index in [0.717, 1.165) is 10.2 Å². The van der Waals surface area contributed by atoms with Crippen LogP contribution < -0.4 is 5.32 Å². The second-order valence-electron chi connectivity index (χ2n) is 4.56. The van der Waals surface area contributed by atoms with Gasteiger partial charge in [-0.25, -0.2) is 0 Å². The number of nitrogens with one attached hydrogen (secondary N) is 1. The minimum Gasteiger partial charge on any atom is -0.377 e. The van der Waals surface area contributed by atoms with Gasteiger partial charge in [-0.2, -0.15) is 0 Å². The lowest BCUT2D eigenvalue weighted by Crippen LogP contribution is -2.09. The molecule has 3 heteroatoms. The number of aryl methyl sites for hydroxylation is 1. The molecule has 0 amide bonds. The number of anilines is 1. The predicted octanol–water partition coefficient (Wildman–Crippen LogP) is 5.02. The van der Waals surface area contributed by atoms with Crippen molar-refractivity contribution in [3.8, 4) is 0 Å². The smallest absolute Gasteiger partial charge is 0.0618 e. The molecule has 1 atom stereocenters. The summed E-state index contributed by atoms with van der Waals surface area (Å²) >= 11 is 5.48. The van der Waals surface area contributed by atoms with Crippen LogP contribution in [0.1, 0.15) is 17.2 Å². The van der Waals surface area contributed by atoms with Gasteiger partial charge < -0.3 is 5.32 Å². The molecule has 1 heterocycles. The van der Waals surface area contributed by atoms with Gasteiger partial charge in [0.05, 0.1) is 6.04 Å². The maximum absolute atomic E-state index is 3.63. The molecule has 1 aliphatic rings. The Labute approximate surface area is 120 Å². The van der Waals surface area contributed by atoms with E-state index in [1.165, 1.54) is 21.7 Å². The van der Waals surface area contributed by atoms with Crippen molar-refractivity contribution < 1.29 is 0 Å². The number of fused-ring (bicyclic) bond motifs is 1. The van der Waals surface area contributed by atoms with E-state index in [-0.39, 0.29) is 0 Å². The first kappa shape index (κ1) is 12.1.